The van der Waals surface area contributed by atoms with Crippen LogP contribution in [-0.2, 0) is 13.0 Å². The molecule has 7 heteroatoms. The fraction of sp³-hybridized carbons (Fsp3) is 0.333. The number of nitrogens with zero attached hydrogens (tertiary/aromatic N) is 2. The number of fused-ring (bicyclic) bond motifs is 1. The van der Waals surface area contributed by atoms with E-state index in [1.807, 2.05) is 17.5 Å². The molecular formula is C15H17N3O3S. The molecule has 1 aliphatic rings. The van der Waals surface area contributed by atoms with Gasteiger partial charge in [-0.1, -0.05) is 0 Å². The van der Waals surface area contributed by atoms with Gasteiger partial charge in [0.15, 0.2) is 16.6 Å². The van der Waals surface area contributed by atoms with Crippen molar-refractivity contribution in [1.82, 2.24) is 9.88 Å². The van der Waals surface area contributed by atoms with Gasteiger partial charge in [0.2, 0.25) is 0 Å². The number of amides is 2. The Bertz CT molecular complexity index is 673. The second-order valence-electron chi connectivity index (χ2n) is 4.91. The first kappa shape index (κ1) is 14.6. The predicted octanol–water partition coefficient (Wildman–Crippen LogP) is 2.75. The van der Waals surface area contributed by atoms with Crippen LogP contribution in [0.5, 0.6) is 11.5 Å². The maximum atomic E-state index is 12.3. The fourth-order valence-corrected chi connectivity index (χ4v) is 3.03. The van der Waals surface area contributed by atoms with Gasteiger partial charge in [0.05, 0.1) is 14.2 Å². The van der Waals surface area contributed by atoms with Gasteiger partial charge in [-0.2, -0.15) is 0 Å². The van der Waals surface area contributed by atoms with E-state index >= 15 is 0 Å². The molecule has 6 nitrogen and oxygen atoms in total. The average Bonchev–Trinajstić information content (AvgIpc) is 3.05. The lowest BCUT2D eigenvalue weighted by atomic mass is 9.99. The molecule has 1 N–H and O–H groups in total. The first-order valence-electron chi connectivity index (χ1n) is 6.90. The number of hydrogen-bond donors (Lipinski definition) is 1. The summed E-state index contributed by atoms with van der Waals surface area (Å²) >= 11 is 1.41. The summed E-state index contributed by atoms with van der Waals surface area (Å²) in [6.07, 6.45) is 2.46. The van der Waals surface area contributed by atoms with Gasteiger partial charge < -0.3 is 14.4 Å². The molecule has 0 atom stereocenters. The van der Waals surface area contributed by atoms with Crippen molar-refractivity contribution in [1.29, 1.82) is 0 Å². The Kier molecular flexibility index (Phi) is 4.15. The van der Waals surface area contributed by atoms with Gasteiger partial charge in [0, 0.05) is 24.7 Å². The molecule has 1 aromatic carbocycles. The number of carbonyl (C=O) groups excluding carboxylic acids is 1. The van der Waals surface area contributed by atoms with Gasteiger partial charge in [-0.25, -0.2) is 9.78 Å². The van der Waals surface area contributed by atoms with Crippen molar-refractivity contribution in [2.24, 2.45) is 0 Å². The molecule has 0 radical (unpaired) electrons. The lowest BCUT2D eigenvalue weighted by Gasteiger charge is -2.29. The van der Waals surface area contributed by atoms with Crippen molar-refractivity contribution in [2.75, 3.05) is 26.1 Å². The zero-order valence-corrected chi connectivity index (χ0v) is 13.3. The van der Waals surface area contributed by atoms with Crippen LogP contribution in [0.4, 0.5) is 9.93 Å². The number of ether oxygens (including phenoxy) is 2. The van der Waals surface area contributed by atoms with Crippen molar-refractivity contribution in [3.05, 3.63) is 34.8 Å². The SMILES string of the molecule is COc1cc2c(cc1OC)CN(C(=O)Nc1nccs1)CC2. The van der Waals surface area contributed by atoms with Crippen LogP contribution in [0.15, 0.2) is 23.7 Å². The van der Waals surface area contributed by atoms with Crippen LogP contribution in [-0.4, -0.2) is 36.7 Å². The molecule has 2 amide bonds. The van der Waals surface area contributed by atoms with Crippen LogP contribution < -0.4 is 14.8 Å². The van der Waals surface area contributed by atoms with E-state index in [0.717, 1.165) is 17.7 Å². The van der Waals surface area contributed by atoms with Gasteiger partial charge in [-0.3, -0.25) is 5.32 Å². The molecule has 2 aromatic rings. The zero-order valence-electron chi connectivity index (χ0n) is 12.5. The third kappa shape index (κ3) is 2.85. The first-order chi connectivity index (χ1) is 10.7. The maximum absolute atomic E-state index is 12.3. The molecule has 0 aliphatic carbocycles. The molecule has 0 unspecified atom stereocenters. The Labute approximate surface area is 132 Å². The second kappa shape index (κ2) is 6.23. The van der Waals surface area contributed by atoms with Crippen molar-refractivity contribution in [3.63, 3.8) is 0 Å². The highest BCUT2D eigenvalue weighted by Gasteiger charge is 2.23. The minimum atomic E-state index is -0.129. The van der Waals surface area contributed by atoms with Crippen molar-refractivity contribution in [3.8, 4) is 11.5 Å². The summed E-state index contributed by atoms with van der Waals surface area (Å²) in [5.41, 5.74) is 2.27. The molecule has 1 aromatic heterocycles. The number of methoxy groups -OCH3 is 2. The lowest BCUT2D eigenvalue weighted by molar-refractivity contribution is 0.206. The van der Waals surface area contributed by atoms with Gasteiger partial charge in [0.25, 0.3) is 0 Å². The van der Waals surface area contributed by atoms with E-state index in [-0.39, 0.29) is 6.03 Å². The number of aromatic nitrogens is 1. The summed E-state index contributed by atoms with van der Waals surface area (Å²) in [5, 5.41) is 5.26. The minimum absolute atomic E-state index is 0.129. The highest BCUT2D eigenvalue weighted by Crippen LogP contribution is 2.33. The van der Waals surface area contributed by atoms with Gasteiger partial charge in [-0.15, -0.1) is 11.3 Å². The van der Waals surface area contributed by atoms with E-state index in [1.54, 1.807) is 25.3 Å². The van der Waals surface area contributed by atoms with Crippen LogP contribution in [0.25, 0.3) is 0 Å². The molecule has 116 valence electrons. The third-order valence-electron chi connectivity index (χ3n) is 3.65. The summed E-state index contributed by atoms with van der Waals surface area (Å²) in [7, 11) is 3.24. The minimum Gasteiger partial charge on any atom is -0.493 e. The summed E-state index contributed by atoms with van der Waals surface area (Å²) in [5.74, 6) is 1.41. The fourth-order valence-electron chi connectivity index (χ4n) is 2.51. The second-order valence-corrected chi connectivity index (χ2v) is 5.81. The zero-order chi connectivity index (χ0) is 15.5. The molecule has 2 heterocycles. The predicted molar refractivity (Wildman–Crippen MR) is 84.8 cm³/mol. The molecule has 0 saturated heterocycles. The first-order valence-corrected chi connectivity index (χ1v) is 7.78. The number of benzene rings is 1. The number of anilines is 1. The summed E-state index contributed by atoms with van der Waals surface area (Å²) in [6.45, 7) is 1.21. The van der Waals surface area contributed by atoms with Crippen molar-refractivity contribution < 1.29 is 14.3 Å². The smallest absolute Gasteiger partial charge is 0.323 e. The summed E-state index contributed by atoms with van der Waals surface area (Å²) in [4.78, 5) is 18.1. The molecule has 0 spiro atoms. The topological polar surface area (TPSA) is 63.7 Å². The number of urea groups is 1. The molecule has 22 heavy (non-hydrogen) atoms. The van der Waals surface area contributed by atoms with Crippen LogP contribution >= 0.6 is 11.3 Å². The van der Waals surface area contributed by atoms with Crippen molar-refractivity contribution in [2.45, 2.75) is 13.0 Å². The Balaban J connectivity index is 1.76. The third-order valence-corrected chi connectivity index (χ3v) is 4.34. The highest BCUT2D eigenvalue weighted by atomic mass is 32.1. The van der Waals surface area contributed by atoms with E-state index in [0.29, 0.717) is 24.0 Å². The Morgan fingerprint density at radius 1 is 1.27 bits per heavy atom. The Hall–Kier alpha value is -2.28. The van der Waals surface area contributed by atoms with Gasteiger partial charge >= 0.3 is 6.03 Å². The molecular weight excluding hydrogens is 302 g/mol. The summed E-state index contributed by atoms with van der Waals surface area (Å²) < 4.78 is 10.7. The van der Waals surface area contributed by atoms with Crippen LogP contribution in [0, 0.1) is 0 Å². The summed E-state index contributed by atoms with van der Waals surface area (Å²) in [6, 6.07) is 3.80. The van der Waals surface area contributed by atoms with E-state index < -0.39 is 0 Å². The van der Waals surface area contributed by atoms with E-state index in [1.165, 1.54) is 16.9 Å². The van der Waals surface area contributed by atoms with Crippen LogP contribution in [0.1, 0.15) is 11.1 Å². The molecule has 0 fully saturated rings. The number of hydrogen-bond acceptors (Lipinski definition) is 5. The quantitative estimate of drug-likeness (QED) is 0.945. The Morgan fingerprint density at radius 2 is 2.00 bits per heavy atom. The Morgan fingerprint density at radius 3 is 2.64 bits per heavy atom. The van der Waals surface area contributed by atoms with Gasteiger partial charge in [0.1, 0.15) is 0 Å². The number of thiazole rings is 1. The van der Waals surface area contributed by atoms with Crippen LogP contribution in [0.3, 0.4) is 0 Å². The largest absolute Gasteiger partial charge is 0.493 e. The molecule has 0 bridgehead atoms. The number of carbonyl (C=O) groups is 1. The molecule has 0 saturated carbocycles. The standard InChI is InChI=1S/C15H17N3O3S/c1-20-12-7-10-3-5-18(9-11(10)8-13(12)21-2)15(19)17-14-16-4-6-22-14/h4,6-8H,3,5,9H2,1-2H3,(H,16,17,19). The molecule has 3 rings (SSSR count). The van der Waals surface area contributed by atoms with E-state index in [2.05, 4.69) is 10.3 Å². The number of rotatable bonds is 3. The average molecular weight is 319 g/mol. The maximum Gasteiger partial charge on any atom is 0.323 e. The normalized spacial score (nSPS) is 13.5. The molecule has 1 aliphatic heterocycles. The highest BCUT2D eigenvalue weighted by molar-refractivity contribution is 7.13. The van der Waals surface area contributed by atoms with Crippen molar-refractivity contribution >= 4 is 22.5 Å². The van der Waals surface area contributed by atoms with Crippen LogP contribution in [0.2, 0.25) is 0 Å². The lowest BCUT2D eigenvalue weighted by Crippen LogP contribution is -2.38. The van der Waals surface area contributed by atoms with E-state index in [9.17, 15) is 4.79 Å². The monoisotopic (exact) mass is 319 g/mol. The van der Waals surface area contributed by atoms with Gasteiger partial charge in [-0.05, 0) is 29.7 Å². The number of nitrogens with one attached hydrogen (secondary N) is 1. The van der Waals surface area contributed by atoms with E-state index in [4.69, 9.17) is 9.47 Å².